The van der Waals surface area contributed by atoms with Gasteiger partial charge in [-0.1, -0.05) is 43.0 Å². The van der Waals surface area contributed by atoms with Crippen molar-refractivity contribution in [2.24, 2.45) is 0 Å². The molecule has 0 aromatic heterocycles. The Kier molecular flexibility index (Phi) is 8.27. The number of carbonyl (C=O) groups is 2. The van der Waals surface area contributed by atoms with E-state index >= 15 is 0 Å². The topological polar surface area (TPSA) is 101 Å². The smallest absolute Gasteiger partial charge is 0.413 e. The zero-order valence-corrected chi connectivity index (χ0v) is 17.9. The number of anilines is 2. The van der Waals surface area contributed by atoms with Gasteiger partial charge in [0, 0.05) is 0 Å². The molecule has 4 N–H and O–H groups in total. The molecule has 30 heavy (non-hydrogen) atoms. The summed E-state index contributed by atoms with van der Waals surface area (Å²) in [6, 6.07) is 15.0. The SMILES string of the molecule is C=C(c1ccccc1)c1ccc(NC(=S)NC(=O)OC)c(NC(=S)NC(=O)OC)c1. The van der Waals surface area contributed by atoms with Gasteiger partial charge in [-0.05, 0) is 53.3 Å². The van der Waals surface area contributed by atoms with Crippen LogP contribution in [0.15, 0.2) is 55.1 Å². The average molecular weight is 445 g/mol. The summed E-state index contributed by atoms with van der Waals surface area (Å²) >= 11 is 10.3. The zero-order chi connectivity index (χ0) is 22.1. The molecule has 0 aliphatic heterocycles. The number of amides is 2. The number of alkyl carbamates (subject to hydrolysis) is 2. The summed E-state index contributed by atoms with van der Waals surface area (Å²) in [5, 5.41) is 10.5. The molecule has 0 heterocycles. The van der Waals surface area contributed by atoms with Crippen LogP contribution in [0.2, 0.25) is 0 Å². The minimum atomic E-state index is -0.713. The lowest BCUT2D eigenvalue weighted by Crippen LogP contribution is -2.35. The molecule has 0 unspecified atom stereocenters. The van der Waals surface area contributed by atoms with E-state index in [1.54, 1.807) is 12.1 Å². The van der Waals surface area contributed by atoms with E-state index in [-0.39, 0.29) is 10.2 Å². The lowest BCUT2D eigenvalue weighted by molar-refractivity contribution is 0.176. The maximum atomic E-state index is 11.4. The van der Waals surface area contributed by atoms with E-state index < -0.39 is 12.2 Å². The van der Waals surface area contributed by atoms with Gasteiger partial charge in [-0.25, -0.2) is 9.59 Å². The van der Waals surface area contributed by atoms with Gasteiger partial charge in [0.15, 0.2) is 10.2 Å². The molecule has 0 atom stereocenters. The van der Waals surface area contributed by atoms with Crippen LogP contribution in [0, 0.1) is 0 Å². The summed E-state index contributed by atoms with van der Waals surface area (Å²) in [5.74, 6) is 0. The minimum Gasteiger partial charge on any atom is -0.453 e. The largest absolute Gasteiger partial charge is 0.453 e. The number of benzene rings is 2. The van der Waals surface area contributed by atoms with Crippen LogP contribution in [0.3, 0.4) is 0 Å². The van der Waals surface area contributed by atoms with Crippen LogP contribution in [-0.2, 0) is 9.47 Å². The molecule has 0 aliphatic rings. The molecule has 0 spiro atoms. The second kappa shape index (κ2) is 10.9. The van der Waals surface area contributed by atoms with Crippen molar-refractivity contribution in [2.75, 3.05) is 24.9 Å². The zero-order valence-electron chi connectivity index (χ0n) is 16.3. The van der Waals surface area contributed by atoms with E-state index in [1.165, 1.54) is 14.2 Å². The summed E-state index contributed by atoms with van der Waals surface area (Å²) in [6.45, 7) is 4.15. The van der Waals surface area contributed by atoms with Gasteiger partial charge < -0.3 is 20.1 Å². The minimum absolute atomic E-state index is 0.0132. The molecular weight excluding hydrogens is 424 g/mol. The van der Waals surface area contributed by atoms with E-state index in [2.05, 4.69) is 37.3 Å². The fraction of sp³-hybridized carbons (Fsp3) is 0.100. The van der Waals surface area contributed by atoms with Crippen molar-refractivity contribution in [2.45, 2.75) is 0 Å². The third kappa shape index (κ3) is 6.54. The van der Waals surface area contributed by atoms with E-state index in [0.717, 1.165) is 16.7 Å². The molecule has 0 saturated carbocycles. The van der Waals surface area contributed by atoms with Crippen LogP contribution < -0.4 is 21.3 Å². The predicted molar refractivity (Wildman–Crippen MR) is 125 cm³/mol. The highest BCUT2D eigenvalue weighted by molar-refractivity contribution is 7.80. The molecule has 0 radical (unpaired) electrons. The Morgan fingerprint density at radius 1 is 0.800 bits per heavy atom. The van der Waals surface area contributed by atoms with Crippen LogP contribution in [0.25, 0.3) is 5.57 Å². The van der Waals surface area contributed by atoms with Gasteiger partial charge in [0.25, 0.3) is 0 Å². The Morgan fingerprint density at radius 3 is 1.87 bits per heavy atom. The summed E-state index contributed by atoms with van der Waals surface area (Å²) in [4.78, 5) is 22.8. The summed E-state index contributed by atoms with van der Waals surface area (Å²) in [6.07, 6.45) is -1.42. The molecule has 0 fully saturated rings. The molecule has 156 valence electrons. The van der Waals surface area contributed by atoms with Crippen molar-refractivity contribution in [3.63, 3.8) is 0 Å². The normalized spacial score (nSPS) is 9.67. The first-order valence-electron chi connectivity index (χ1n) is 8.54. The molecular formula is C20H20N4O4S2. The van der Waals surface area contributed by atoms with Gasteiger partial charge in [0.2, 0.25) is 0 Å². The lowest BCUT2D eigenvalue weighted by Gasteiger charge is -2.17. The third-order valence-corrected chi connectivity index (χ3v) is 4.20. The highest BCUT2D eigenvalue weighted by Gasteiger charge is 2.13. The fourth-order valence-corrected chi connectivity index (χ4v) is 2.73. The van der Waals surface area contributed by atoms with Gasteiger partial charge in [-0.2, -0.15) is 0 Å². The molecule has 2 aromatic carbocycles. The number of thiocarbonyl (C=S) groups is 2. The first-order chi connectivity index (χ1) is 14.3. The molecule has 2 amide bonds. The quantitative estimate of drug-likeness (QED) is 0.528. The number of rotatable bonds is 4. The van der Waals surface area contributed by atoms with Crippen LogP contribution >= 0.6 is 24.4 Å². The highest BCUT2D eigenvalue weighted by Crippen LogP contribution is 2.29. The maximum absolute atomic E-state index is 11.4. The molecule has 0 saturated heterocycles. The van der Waals surface area contributed by atoms with E-state index in [0.29, 0.717) is 11.4 Å². The van der Waals surface area contributed by atoms with E-state index in [1.807, 2.05) is 36.4 Å². The lowest BCUT2D eigenvalue weighted by atomic mass is 9.99. The molecule has 2 aromatic rings. The first-order valence-corrected chi connectivity index (χ1v) is 9.36. The van der Waals surface area contributed by atoms with E-state index in [9.17, 15) is 9.59 Å². The van der Waals surface area contributed by atoms with Crippen molar-refractivity contribution in [1.29, 1.82) is 0 Å². The monoisotopic (exact) mass is 444 g/mol. The first kappa shape index (κ1) is 22.8. The number of ether oxygens (including phenoxy) is 2. The van der Waals surface area contributed by atoms with Crippen molar-refractivity contribution in [3.8, 4) is 0 Å². The Balaban J connectivity index is 2.32. The van der Waals surface area contributed by atoms with Crippen LogP contribution in [-0.4, -0.2) is 36.6 Å². The molecule has 10 heteroatoms. The average Bonchev–Trinajstić information content (AvgIpc) is 2.74. The second-order valence-corrected chi connectivity index (χ2v) is 6.56. The Bertz CT molecular complexity index is 980. The third-order valence-electron chi connectivity index (χ3n) is 3.79. The second-order valence-electron chi connectivity index (χ2n) is 5.75. The number of hydrogen-bond donors (Lipinski definition) is 4. The van der Waals surface area contributed by atoms with Crippen LogP contribution in [0.5, 0.6) is 0 Å². The van der Waals surface area contributed by atoms with Crippen LogP contribution in [0.4, 0.5) is 21.0 Å². The molecule has 0 aliphatic carbocycles. The Labute approximate surface area is 184 Å². The van der Waals surface area contributed by atoms with Gasteiger partial charge in [-0.15, -0.1) is 0 Å². The van der Waals surface area contributed by atoms with Gasteiger partial charge in [0.1, 0.15) is 0 Å². The fourth-order valence-electron chi connectivity index (χ4n) is 2.34. The number of hydrogen-bond acceptors (Lipinski definition) is 6. The van der Waals surface area contributed by atoms with Gasteiger partial charge in [-0.3, -0.25) is 10.6 Å². The molecule has 0 bridgehead atoms. The summed E-state index contributed by atoms with van der Waals surface area (Å²) in [7, 11) is 2.46. The highest BCUT2D eigenvalue weighted by atomic mass is 32.1. The summed E-state index contributed by atoms with van der Waals surface area (Å²) < 4.78 is 9.06. The van der Waals surface area contributed by atoms with Crippen molar-refractivity contribution in [3.05, 3.63) is 66.2 Å². The van der Waals surface area contributed by atoms with Crippen LogP contribution in [0.1, 0.15) is 11.1 Å². The molecule has 2 rings (SSSR count). The van der Waals surface area contributed by atoms with Crippen molar-refractivity contribution >= 4 is 63.8 Å². The maximum Gasteiger partial charge on any atom is 0.413 e. The standard InChI is InChI=1S/C20H20N4O4S2/c1-12(13-7-5-4-6-8-13)14-9-10-15(21-17(29)23-19(25)27-2)16(11-14)22-18(30)24-20(26)28-3/h4-11H,1H2,2-3H3,(H2,21,23,25,29)(H2,22,24,26,30). The number of methoxy groups -OCH3 is 2. The van der Waals surface area contributed by atoms with Crippen molar-refractivity contribution < 1.29 is 19.1 Å². The van der Waals surface area contributed by atoms with Gasteiger partial charge >= 0.3 is 12.2 Å². The number of nitrogens with one attached hydrogen (secondary N) is 4. The Morgan fingerprint density at radius 2 is 1.33 bits per heavy atom. The Hall–Kier alpha value is -3.50. The van der Waals surface area contributed by atoms with Gasteiger partial charge in [0.05, 0.1) is 25.6 Å². The summed E-state index contributed by atoms with van der Waals surface area (Å²) in [5.41, 5.74) is 3.52. The molecule has 8 nitrogen and oxygen atoms in total. The predicted octanol–water partition coefficient (Wildman–Crippen LogP) is 3.85. The van der Waals surface area contributed by atoms with E-state index in [4.69, 9.17) is 24.4 Å². The van der Waals surface area contributed by atoms with Crippen molar-refractivity contribution in [1.82, 2.24) is 10.6 Å². The number of carbonyl (C=O) groups excluding carboxylic acids is 2.